The van der Waals surface area contributed by atoms with Gasteiger partial charge in [0.05, 0.1) is 5.75 Å². The second kappa shape index (κ2) is 9.60. The molecule has 0 saturated carbocycles. The minimum atomic E-state index is -3.16. The third-order valence-corrected chi connectivity index (χ3v) is 7.11. The van der Waals surface area contributed by atoms with Crippen LogP contribution in [0.5, 0.6) is 0 Å². The van der Waals surface area contributed by atoms with Crippen molar-refractivity contribution in [2.45, 2.75) is 24.8 Å². The fraction of sp³-hybridized carbons (Fsp3) is 0.391. The van der Waals surface area contributed by atoms with Gasteiger partial charge in [0.1, 0.15) is 33.1 Å². The zero-order valence-electron chi connectivity index (χ0n) is 17.9. The lowest BCUT2D eigenvalue weighted by Crippen LogP contribution is -2.32. The first kappa shape index (κ1) is 22.8. The number of aromatic nitrogens is 1. The van der Waals surface area contributed by atoms with Gasteiger partial charge in [-0.15, -0.1) is 0 Å². The molecule has 2 aliphatic rings. The number of hydrogen-bond acceptors (Lipinski definition) is 7. The number of nitrogens with zero attached hydrogens (tertiary/aromatic N) is 2. The summed E-state index contributed by atoms with van der Waals surface area (Å²) in [6.45, 7) is 2.30. The molecule has 1 atom stereocenters. The highest BCUT2D eigenvalue weighted by atomic mass is 35.5. The standard InChI is InChI=1S/C23H27ClN4O3S/c1-32(30,31)13-12-28-11-8-18-14-21(24)27-23(22(18)20(28)15-29)26-19-4-2-16(3-5-19)17-6-9-25-10-7-17/h2-5,8,11,14-15,17,20,25H,6-7,9-10,12-13H2,1H3,(H,26,27). The number of benzene rings is 1. The van der Waals surface area contributed by atoms with E-state index in [4.69, 9.17) is 11.6 Å². The van der Waals surface area contributed by atoms with Crippen molar-refractivity contribution in [1.29, 1.82) is 0 Å². The Bertz CT molecular complexity index is 1110. The van der Waals surface area contributed by atoms with E-state index >= 15 is 0 Å². The first-order valence-electron chi connectivity index (χ1n) is 10.7. The smallest absolute Gasteiger partial charge is 0.149 e. The predicted molar refractivity (Wildman–Crippen MR) is 128 cm³/mol. The van der Waals surface area contributed by atoms with Gasteiger partial charge in [0, 0.05) is 30.3 Å². The van der Waals surface area contributed by atoms with Crippen LogP contribution in [0.15, 0.2) is 36.5 Å². The summed E-state index contributed by atoms with van der Waals surface area (Å²) in [5, 5.41) is 7.02. The van der Waals surface area contributed by atoms with E-state index < -0.39 is 15.9 Å². The third-order valence-electron chi connectivity index (χ3n) is 5.99. The van der Waals surface area contributed by atoms with Crippen LogP contribution in [0.25, 0.3) is 6.08 Å². The van der Waals surface area contributed by atoms with E-state index in [1.165, 1.54) is 11.8 Å². The van der Waals surface area contributed by atoms with Crippen LogP contribution in [0.1, 0.15) is 41.5 Å². The van der Waals surface area contributed by atoms with Gasteiger partial charge in [-0.2, -0.15) is 0 Å². The number of halogens is 1. The summed E-state index contributed by atoms with van der Waals surface area (Å²) in [7, 11) is -3.16. The van der Waals surface area contributed by atoms with Crippen LogP contribution in [0.4, 0.5) is 11.5 Å². The fourth-order valence-electron chi connectivity index (χ4n) is 4.28. The van der Waals surface area contributed by atoms with Gasteiger partial charge in [-0.05, 0) is 67.3 Å². The average Bonchev–Trinajstić information content (AvgIpc) is 2.77. The number of fused-ring (bicyclic) bond motifs is 1. The Balaban J connectivity index is 1.60. The molecule has 3 heterocycles. The van der Waals surface area contributed by atoms with Crippen LogP contribution in [-0.4, -0.2) is 56.2 Å². The van der Waals surface area contributed by atoms with Gasteiger partial charge >= 0.3 is 0 Å². The lowest BCUT2D eigenvalue weighted by molar-refractivity contribution is -0.111. The first-order valence-corrected chi connectivity index (χ1v) is 13.1. The van der Waals surface area contributed by atoms with Gasteiger partial charge in [-0.3, -0.25) is 0 Å². The molecule has 32 heavy (non-hydrogen) atoms. The molecule has 4 rings (SSSR count). The molecule has 0 radical (unpaired) electrons. The SMILES string of the molecule is CS(=O)(=O)CCN1C=Cc2cc(Cl)nc(Nc3ccc(C4CCNCC4)cc3)c2C1C=O. The van der Waals surface area contributed by atoms with Crippen molar-refractivity contribution in [1.82, 2.24) is 15.2 Å². The molecule has 9 heteroatoms. The monoisotopic (exact) mass is 474 g/mol. The number of piperidine rings is 1. The van der Waals surface area contributed by atoms with Gasteiger partial charge in [0.2, 0.25) is 0 Å². The van der Waals surface area contributed by atoms with Crippen LogP contribution < -0.4 is 10.6 Å². The number of rotatable bonds is 7. The largest absolute Gasteiger partial charge is 0.363 e. The molecule has 0 amide bonds. The maximum Gasteiger partial charge on any atom is 0.149 e. The van der Waals surface area contributed by atoms with Gasteiger partial charge in [-0.1, -0.05) is 23.7 Å². The van der Waals surface area contributed by atoms with Crippen molar-refractivity contribution in [3.8, 4) is 0 Å². The fourth-order valence-corrected chi connectivity index (χ4v) is 5.03. The lowest BCUT2D eigenvalue weighted by atomic mass is 9.90. The first-order chi connectivity index (χ1) is 15.3. The summed E-state index contributed by atoms with van der Waals surface area (Å²) >= 11 is 6.25. The quantitative estimate of drug-likeness (QED) is 0.468. The highest BCUT2D eigenvalue weighted by Gasteiger charge is 2.28. The maximum absolute atomic E-state index is 12.0. The summed E-state index contributed by atoms with van der Waals surface area (Å²) < 4.78 is 23.2. The molecule has 2 N–H and O–H groups in total. The number of anilines is 2. The minimum absolute atomic E-state index is 0.0427. The number of aldehydes is 1. The lowest BCUT2D eigenvalue weighted by Gasteiger charge is -2.32. The molecule has 1 aromatic carbocycles. The Morgan fingerprint density at radius 2 is 1.97 bits per heavy atom. The number of carbonyl (C=O) groups excluding carboxylic acids is 1. The van der Waals surface area contributed by atoms with Crippen LogP contribution >= 0.6 is 11.6 Å². The Kier molecular flexibility index (Phi) is 6.83. The molecule has 1 unspecified atom stereocenters. The minimum Gasteiger partial charge on any atom is -0.363 e. The van der Waals surface area contributed by atoms with Gasteiger partial charge in [0.25, 0.3) is 0 Å². The summed E-state index contributed by atoms with van der Waals surface area (Å²) in [6, 6.07) is 9.35. The van der Waals surface area contributed by atoms with Crippen molar-refractivity contribution >= 4 is 45.3 Å². The molecule has 0 bridgehead atoms. The topological polar surface area (TPSA) is 91.4 Å². The molecular formula is C23H27ClN4O3S. The molecule has 0 spiro atoms. The summed E-state index contributed by atoms with van der Waals surface area (Å²) in [5.74, 6) is 1.02. The van der Waals surface area contributed by atoms with E-state index in [-0.39, 0.29) is 12.3 Å². The van der Waals surface area contributed by atoms with E-state index in [2.05, 4.69) is 27.8 Å². The van der Waals surface area contributed by atoms with Crippen LogP contribution in [-0.2, 0) is 14.6 Å². The molecule has 1 saturated heterocycles. The van der Waals surface area contributed by atoms with Crippen molar-refractivity contribution in [3.05, 3.63) is 58.4 Å². The summed E-state index contributed by atoms with van der Waals surface area (Å²) in [6.07, 6.45) is 7.83. The number of nitrogens with one attached hydrogen (secondary N) is 2. The predicted octanol–water partition coefficient (Wildman–Crippen LogP) is 3.52. The van der Waals surface area contributed by atoms with E-state index in [1.54, 1.807) is 17.2 Å². The Morgan fingerprint density at radius 3 is 2.62 bits per heavy atom. The molecule has 2 aliphatic heterocycles. The molecule has 1 aromatic heterocycles. The second-order valence-electron chi connectivity index (χ2n) is 8.33. The van der Waals surface area contributed by atoms with Gasteiger partial charge in [0.15, 0.2) is 0 Å². The number of carbonyl (C=O) groups is 1. The Morgan fingerprint density at radius 1 is 1.25 bits per heavy atom. The molecular weight excluding hydrogens is 448 g/mol. The van der Waals surface area contributed by atoms with Crippen LogP contribution in [0.2, 0.25) is 5.15 Å². The summed E-state index contributed by atoms with van der Waals surface area (Å²) in [5.41, 5.74) is 3.63. The molecule has 7 nitrogen and oxygen atoms in total. The zero-order valence-corrected chi connectivity index (χ0v) is 19.5. The molecule has 1 fully saturated rings. The molecule has 2 aromatic rings. The van der Waals surface area contributed by atoms with Gasteiger partial charge in [-0.25, -0.2) is 13.4 Å². The van der Waals surface area contributed by atoms with E-state index in [9.17, 15) is 13.2 Å². The highest BCUT2D eigenvalue weighted by molar-refractivity contribution is 7.90. The second-order valence-corrected chi connectivity index (χ2v) is 11.0. The Labute approximate surface area is 193 Å². The highest BCUT2D eigenvalue weighted by Crippen LogP contribution is 2.36. The Hall–Kier alpha value is -2.42. The van der Waals surface area contributed by atoms with Crippen molar-refractivity contribution < 1.29 is 13.2 Å². The zero-order chi connectivity index (χ0) is 22.7. The van der Waals surface area contributed by atoms with Crippen molar-refractivity contribution in [3.63, 3.8) is 0 Å². The maximum atomic E-state index is 12.0. The molecule has 170 valence electrons. The van der Waals surface area contributed by atoms with Crippen LogP contribution in [0, 0.1) is 0 Å². The number of pyridine rings is 1. The van der Waals surface area contributed by atoms with E-state index in [0.717, 1.165) is 43.5 Å². The number of sulfone groups is 1. The van der Waals surface area contributed by atoms with Gasteiger partial charge < -0.3 is 20.3 Å². The van der Waals surface area contributed by atoms with Crippen molar-refractivity contribution in [2.24, 2.45) is 0 Å². The van der Waals surface area contributed by atoms with E-state index in [1.807, 2.05) is 18.2 Å². The summed E-state index contributed by atoms with van der Waals surface area (Å²) in [4.78, 5) is 18.2. The van der Waals surface area contributed by atoms with E-state index in [0.29, 0.717) is 22.5 Å². The number of hydrogen-bond donors (Lipinski definition) is 2. The van der Waals surface area contributed by atoms with Crippen LogP contribution in [0.3, 0.4) is 0 Å². The normalized spacial score (nSPS) is 18.9. The molecule has 0 aliphatic carbocycles. The van der Waals surface area contributed by atoms with Crippen molar-refractivity contribution in [2.75, 3.05) is 37.0 Å². The average molecular weight is 475 g/mol. The third kappa shape index (κ3) is 5.31.